The molecule has 1 saturated carbocycles. The molecular weight excluding hydrogens is 224 g/mol. The maximum atomic E-state index is 5.68. The molecule has 1 heterocycles. The molecule has 1 aliphatic carbocycles. The highest BCUT2D eigenvalue weighted by Gasteiger charge is 2.25. The van der Waals surface area contributed by atoms with Crippen molar-refractivity contribution in [2.75, 3.05) is 20.2 Å². The summed E-state index contributed by atoms with van der Waals surface area (Å²) in [6.07, 6.45) is 4.42. The molecule has 3 nitrogen and oxygen atoms in total. The van der Waals surface area contributed by atoms with Crippen LogP contribution in [0, 0.1) is 0 Å². The third kappa shape index (κ3) is 3.35. The Morgan fingerprint density at radius 1 is 1.50 bits per heavy atom. The highest BCUT2D eigenvalue weighted by atomic mass is 35.5. The third-order valence-electron chi connectivity index (χ3n) is 2.82. The van der Waals surface area contributed by atoms with Crippen LogP contribution in [0.25, 0.3) is 0 Å². The molecule has 0 saturated heterocycles. The first-order valence-electron chi connectivity index (χ1n) is 5.63. The minimum atomic E-state index is 0.498. The standard InChI is InChI=1S/C12H17ClN2O/c1-15(11-3-4-11)6-7-16-12-5-2-10(8-13)9-14-12/h2,5,9,11H,3-4,6-8H2,1H3. The van der Waals surface area contributed by atoms with Gasteiger partial charge in [0, 0.05) is 30.7 Å². The number of ether oxygens (including phenoxy) is 1. The number of hydrogen-bond donors (Lipinski definition) is 0. The summed E-state index contributed by atoms with van der Waals surface area (Å²) in [4.78, 5) is 6.52. The second kappa shape index (κ2) is 5.51. The van der Waals surface area contributed by atoms with E-state index < -0.39 is 0 Å². The summed E-state index contributed by atoms with van der Waals surface area (Å²) in [7, 11) is 2.14. The third-order valence-corrected chi connectivity index (χ3v) is 3.12. The number of nitrogens with zero attached hydrogens (tertiary/aromatic N) is 2. The zero-order valence-corrected chi connectivity index (χ0v) is 10.3. The minimum absolute atomic E-state index is 0.498. The van der Waals surface area contributed by atoms with Gasteiger partial charge in [-0.2, -0.15) is 0 Å². The maximum Gasteiger partial charge on any atom is 0.213 e. The molecule has 1 aromatic rings. The summed E-state index contributed by atoms with van der Waals surface area (Å²) in [5.74, 6) is 1.18. The topological polar surface area (TPSA) is 25.4 Å². The number of alkyl halides is 1. The van der Waals surface area contributed by atoms with Gasteiger partial charge in [-0.15, -0.1) is 11.6 Å². The lowest BCUT2D eigenvalue weighted by molar-refractivity contribution is 0.226. The van der Waals surface area contributed by atoms with E-state index in [1.807, 2.05) is 12.1 Å². The van der Waals surface area contributed by atoms with Gasteiger partial charge in [-0.05, 0) is 25.5 Å². The van der Waals surface area contributed by atoms with Gasteiger partial charge >= 0.3 is 0 Å². The van der Waals surface area contributed by atoms with Gasteiger partial charge in [0.05, 0.1) is 0 Å². The predicted octanol–water partition coefficient (Wildman–Crippen LogP) is 2.29. The van der Waals surface area contributed by atoms with Crippen LogP contribution in [-0.4, -0.2) is 36.1 Å². The van der Waals surface area contributed by atoms with Crippen molar-refractivity contribution in [3.63, 3.8) is 0 Å². The smallest absolute Gasteiger partial charge is 0.213 e. The van der Waals surface area contributed by atoms with Crippen LogP contribution in [0.4, 0.5) is 0 Å². The second-order valence-electron chi connectivity index (χ2n) is 4.20. The molecule has 0 unspecified atom stereocenters. The number of halogens is 1. The molecule has 4 heteroatoms. The van der Waals surface area contributed by atoms with Crippen molar-refractivity contribution < 1.29 is 4.74 Å². The molecule has 2 rings (SSSR count). The van der Waals surface area contributed by atoms with Crippen LogP contribution < -0.4 is 4.74 Å². The van der Waals surface area contributed by atoms with Crippen molar-refractivity contribution in [3.05, 3.63) is 23.9 Å². The summed E-state index contributed by atoms with van der Waals surface area (Å²) in [5.41, 5.74) is 1.02. The van der Waals surface area contributed by atoms with E-state index in [0.29, 0.717) is 18.4 Å². The fourth-order valence-corrected chi connectivity index (χ4v) is 1.73. The second-order valence-corrected chi connectivity index (χ2v) is 4.47. The molecule has 88 valence electrons. The normalized spacial score (nSPS) is 15.4. The van der Waals surface area contributed by atoms with E-state index in [9.17, 15) is 0 Å². The van der Waals surface area contributed by atoms with Crippen molar-refractivity contribution in [2.45, 2.75) is 24.8 Å². The van der Waals surface area contributed by atoms with Crippen molar-refractivity contribution >= 4 is 11.6 Å². The highest BCUT2D eigenvalue weighted by Crippen LogP contribution is 2.24. The largest absolute Gasteiger partial charge is 0.476 e. The van der Waals surface area contributed by atoms with Crippen molar-refractivity contribution in [3.8, 4) is 5.88 Å². The van der Waals surface area contributed by atoms with Gasteiger partial charge in [-0.1, -0.05) is 6.07 Å². The Labute approximate surface area is 101 Å². The summed E-state index contributed by atoms with van der Waals surface area (Å²) in [6.45, 7) is 1.66. The summed E-state index contributed by atoms with van der Waals surface area (Å²) >= 11 is 5.68. The molecule has 1 aliphatic rings. The lowest BCUT2D eigenvalue weighted by atomic mass is 10.3. The number of hydrogen-bond acceptors (Lipinski definition) is 3. The molecule has 0 aromatic carbocycles. The Hall–Kier alpha value is -0.800. The van der Waals surface area contributed by atoms with E-state index in [4.69, 9.17) is 16.3 Å². The van der Waals surface area contributed by atoms with E-state index in [0.717, 1.165) is 18.2 Å². The number of aromatic nitrogens is 1. The maximum absolute atomic E-state index is 5.68. The fourth-order valence-electron chi connectivity index (χ4n) is 1.57. The van der Waals surface area contributed by atoms with E-state index in [1.165, 1.54) is 12.8 Å². The van der Waals surface area contributed by atoms with Crippen LogP contribution in [-0.2, 0) is 5.88 Å². The van der Waals surface area contributed by atoms with Crippen molar-refractivity contribution in [1.82, 2.24) is 9.88 Å². The van der Waals surface area contributed by atoms with Gasteiger partial charge < -0.3 is 9.64 Å². The predicted molar refractivity (Wildman–Crippen MR) is 64.9 cm³/mol. The zero-order valence-electron chi connectivity index (χ0n) is 9.53. The number of pyridine rings is 1. The first-order chi connectivity index (χ1) is 7.79. The van der Waals surface area contributed by atoms with E-state index in [-0.39, 0.29) is 0 Å². The highest BCUT2D eigenvalue weighted by molar-refractivity contribution is 6.17. The molecule has 1 aromatic heterocycles. The molecule has 16 heavy (non-hydrogen) atoms. The number of rotatable bonds is 6. The first-order valence-corrected chi connectivity index (χ1v) is 6.17. The molecule has 0 bridgehead atoms. The average molecular weight is 241 g/mol. The van der Waals surface area contributed by atoms with Gasteiger partial charge in [-0.3, -0.25) is 0 Å². The molecule has 0 atom stereocenters. The van der Waals surface area contributed by atoms with Gasteiger partial charge in [-0.25, -0.2) is 4.98 Å². The van der Waals surface area contributed by atoms with Crippen LogP contribution in [0.5, 0.6) is 5.88 Å². The number of likely N-dealkylation sites (N-methyl/N-ethyl adjacent to an activating group) is 1. The van der Waals surface area contributed by atoms with Crippen LogP contribution in [0.15, 0.2) is 18.3 Å². The van der Waals surface area contributed by atoms with Crippen molar-refractivity contribution in [1.29, 1.82) is 0 Å². The molecule has 0 radical (unpaired) electrons. The summed E-state index contributed by atoms with van der Waals surface area (Å²) in [6, 6.07) is 4.60. The van der Waals surface area contributed by atoms with Crippen LogP contribution in [0.1, 0.15) is 18.4 Å². The fraction of sp³-hybridized carbons (Fsp3) is 0.583. The van der Waals surface area contributed by atoms with E-state index in [1.54, 1.807) is 6.20 Å². The average Bonchev–Trinajstić information content (AvgIpc) is 3.14. The summed E-state index contributed by atoms with van der Waals surface area (Å²) < 4.78 is 5.56. The Kier molecular flexibility index (Phi) is 4.02. The monoisotopic (exact) mass is 240 g/mol. The van der Waals surface area contributed by atoms with E-state index >= 15 is 0 Å². The molecule has 1 fully saturated rings. The molecular formula is C12H17ClN2O. The molecule has 0 N–H and O–H groups in total. The SMILES string of the molecule is CN(CCOc1ccc(CCl)cn1)C1CC1. The van der Waals surface area contributed by atoms with Gasteiger partial charge in [0.15, 0.2) is 0 Å². The molecule has 0 aliphatic heterocycles. The quantitative estimate of drug-likeness (QED) is 0.714. The van der Waals surface area contributed by atoms with Crippen LogP contribution in [0.2, 0.25) is 0 Å². The zero-order chi connectivity index (χ0) is 11.4. The van der Waals surface area contributed by atoms with Gasteiger partial charge in [0.25, 0.3) is 0 Å². The van der Waals surface area contributed by atoms with Crippen LogP contribution in [0.3, 0.4) is 0 Å². The Balaban J connectivity index is 1.71. The minimum Gasteiger partial charge on any atom is -0.476 e. The first kappa shape index (κ1) is 11.7. The lowest BCUT2D eigenvalue weighted by Gasteiger charge is -2.15. The Bertz CT molecular complexity index is 324. The molecule has 0 spiro atoms. The Morgan fingerprint density at radius 2 is 2.31 bits per heavy atom. The Morgan fingerprint density at radius 3 is 2.88 bits per heavy atom. The van der Waals surface area contributed by atoms with E-state index in [2.05, 4.69) is 16.9 Å². The van der Waals surface area contributed by atoms with Crippen LogP contribution >= 0.6 is 11.6 Å². The molecule has 0 amide bonds. The van der Waals surface area contributed by atoms with Gasteiger partial charge in [0.1, 0.15) is 6.61 Å². The summed E-state index contributed by atoms with van der Waals surface area (Å²) in [5, 5.41) is 0. The van der Waals surface area contributed by atoms with Gasteiger partial charge in [0.2, 0.25) is 5.88 Å². The van der Waals surface area contributed by atoms with Crippen molar-refractivity contribution in [2.24, 2.45) is 0 Å². The lowest BCUT2D eigenvalue weighted by Crippen LogP contribution is -2.26.